The molecule has 3 heteroatoms. The van der Waals surface area contributed by atoms with E-state index in [4.69, 9.17) is 4.74 Å². The van der Waals surface area contributed by atoms with Gasteiger partial charge in [0.1, 0.15) is 6.61 Å². The van der Waals surface area contributed by atoms with Crippen molar-refractivity contribution < 1.29 is 9.13 Å². The van der Waals surface area contributed by atoms with E-state index in [2.05, 4.69) is 12.6 Å². The number of hydrogen-bond donors (Lipinski definition) is 1. The minimum Gasteiger partial charge on any atom is -0.486 e. The van der Waals surface area contributed by atoms with Gasteiger partial charge in [-0.05, 0) is 18.2 Å². The zero-order valence-corrected chi connectivity index (χ0v) is 9.45. The number of ether oxygens (including phenoxy) is 1. The maximum Gasteiger partial charge on any atom is 0.165 e. The summed E-state index contributed by atoms with van der Waals surface area (Å²) in [5, 5.41) is 0. The van der Waals surface area contributed by atoms with E-state index < -0.39 is 0 Å². The highest BCUT2D eigenvalue weighted by Crippen LogP contribution is 2.19. The fraction of sp³-hybridized carbons (Fsp3) is 0.0769. The van der Waals surface area contributed by atoms with Crippen molar-refractivity contribution in [3.8, 4) is 5.75 Å². The average molecular weight is 234 g/mol. The van der Waals surface area contributed by atoms with Crippen LogP contribution in [-0.4, -0.2) is 0 Å². The Morgan fingerprint density at radius 3 is 2.44 bits per heavy atom. The smallest absolute Gasteiger partial charge is 0.165 e. The Bertz CT molecular complexity index is 439. The number of rotatable bonds is 3. The van der Waals surface area contributed by atoms with Crippen molar-refractivity contribution in [1.82, 2.24) is 0 Å². The van der Waals surface area contributed by atoms with Gasteiger partial charge in [-0.25, -0.2) is 4.39 Å². The van der Waals surface area contributed by atoms with Crippen LogP contribution in [-0.2, 0) is 6.61 Å². The molecule has 2 aromatic carbocycles. The van der Waals surface area contributed by atoms with Crippen LogP contribution in [0.4, 0.5) is 4.39 Å². The molecule has 0 amide bonds. The number of halogens is 1. The third kappa shape index (κ3) is 2.55. The Morgan fingerprint density at radius 1 is 1.00 bits per heavy atom. The van der Waals surface area contributed by atoms with Gasteiger partial charge >= 0.3 is 0 Å². The first-order chi connectivity index (χ1) is 7.77. The molecule has 0 spiro atoms. The Labute approximate surface area is 99.3 Å². The van der Waals surface area contributed by atoms with Gasteiger partial charge in [0.15, 0.2) is 11.6 Å². The molecule has 0 aliphatic heterocycles. The zero-order chi connectivity index (χ0) is 11.4. The SMILES string of the molecule is Fc1ccccc1OCc1ccccc1S. The molecule has 0 bridgehead atoms. The molecule has 0 fully saturated rings. The predicted octanol–water partition coefficient (Wildman–Crippen LogP) is 3.69. The van der Waals surface area contributed by atoms with E-state index in [1.165, 1.54) is 6.07 Å². The van der Waals surface area contributed by atoms with Crippen LogP contribution in [0.15, 0.2) is 53.4 Å². The van der Waals surface area contributed by atoms with E-state index in [0.717, 1.165) is 10.5 Å². The molecular weight excluding hydrogens is 223 g/mol. The quantitative estimate of drug-likeness (QED) is 0.797. The summed E-state index contributed by atoms with van der Waals surface area (Å²) in [6, 6.07) is 13.9. The van der Waals surface area contributed by atoms with Gasteiger partial charge in [0.25, 0.3) is 0 Å². The van der Waals surface area contributed by atoms with Gasteiger partial charge in [-0.1, -0.05) is 30.3 Å². The van der Waals surface area contributed by atoms with Crippen LogP contribution in [0.25, 0.3) is 0 Å². The fourth-order valence-corrected chi connectivity index (χ4v) is 1.58. The topological polar surface area (TPSA) is 9.23 Å². The van der Waals surface area contributed by atoms with Crippen LogP contribution in [0.1, 0.15) is 5.56 Å². The second-order valence-corrected chi connectivity index (χ2v) is 3.83. The normalized spacial score (nSPS) is 10.1. The summed E-state index contributed by atoms with van der Waals surface area (Å²) in [6.45, 7) is 0.320. The summed E-state index contributed by atoms with van der Waals surface area (Å²) >= 11 is 4.30. The third-order valence-electron chi connectivity index (χ3n) is 2.21. The molecular formula is C13H11FOS. The molecule has 0 heterocycles. The molecule has 0 aromatic heterocycles. The second kappa shape index (κ2) is 5.03. The van der Waals surface area contributed by atoms with Crippen molar-refractivity contribution in [2.24, 2.45) is 0 Å². The Balaban J connectivity index is 2.09. The van der Waals surface area contributed by atoms with Gasteiger partial charge in [-0.15, -0.1) is 12.6 Å². The molecule has 0 N–H and O–H groups in total. The zero-order valence-electron chi connectivity index (χ0n) is 8.56. The highest BCUT2D eigenvalue weighted by molar-refractivity contribution is 7.80. The fourth-order valence-electron chi connectivity index (χ4n) is 1.35. The number of thiol groups is 1. The van der Waals surface area contributed by atoms with Crippen LogP contribution in [0.2, 0.25) is 0 Å². The summed E-state index contributed by atoms with van der Waals surface area (Å²) in [7, 11) is 0. The Kier molecular flexibility index (Phi) is 3.47. The lowest BCUT2D eigenvalue weighted by atomic mass is 10.2. The van der Waals surface area contributed by atoms with Crippen LogP contribution in [0.5, 0.6) is 5.75 Å². The molecule has 0 saturated heterocycles. The van der Waals surface area contributed by atoms with Crippen LogP contribution in [0, 0.1) is 5.82 Å². The van der Waals surface area contributed by atoms with E-state index in [0.29, 0.717) is 6.61 Å². The standard InChI is InChI=1S/C13H11FOS/c14-11-6-2-3-7-12(11)15-9-10-5-1-4-8-13(10)16/h1-8,16H,9H2. The van der Waals surface area contributed by atoms with E-state index in [-0.39, 0.29) is 11.6 Å². The van der Waals surface area contributed by atoms with E-state index in [1.54, 1.807) is 18.2 Å². The molecule has 82 valence electrons. The van der Waals surface area contributed by atoms with Crippen molar-refractivity contribution in [2.45, 2.75) is 11.5 Å². The molecule has 1 nitrogen and oxygen atoms in total. The number of para-hydroxylation sites is 1. The first-order valence-electron chi connectivity index (χ1n) is 4.91. The summed E-state index contributed by atoms with van der Waals surface area (Å²) in [5.41, 5.74) is 0.939. The lowest BCUT2D eigenvalue weighted by molar-refractivity contribution is 0.288. The summed E-state index contributed by atoms with van der Waals surface area (Å²) < 4.78 is 18.6. The van der Waals surface area contributed by atoms with Gasteiger partial charge < -0.3 is 4.74 Å². The van der Waals surface area contributed by atoms with E-state index in [9.17, 15) is 4.39 Å². The summed E-state index contributed by atoms with van der Waals surface area (Å²) in [4.78, 5) is 0.846. The van der Waals surface area contributed by atoms with Crippen molar-refractivity contribution in [2.75, 3.05) is 0 Å². The first-order valence-corrected chi connectivity index (χ1v) is 5.36. The molecule has 0 radical (unpaired) electrons. The van der Waals surface area contributed by atoms with Crippen LogP contribution < -0.4 is 4.74 Å². The van der Waals surface area contributed by atoms with Crippen LogP contribution in [0.3, 0.4) is 0 Å². The van der Waals surface area contributed by atoms with Gasteiger partial charge in [0.05, 0.1) is 0 Å². The molecule has 0 aliphatic rings. The molecule has 16 heavy (non-hydrogen) atoms. The largest absolute Gasteiger partial charge is 0.486 e. The predicted molar refractivity (Wildman–Crippen MR) is 64.4 cm³/mol. The second-order valence-electron chi connectivity index (χ2n) is 3.35. The lowest BCUT2D eigenvalue weighted by Crippen LogP contribution is -1.97. The molecule has 2 aromatic rings. The van der Waals surface area contributed by atoms with Gasteiger partial charge in [-0.3, -0.25) is 0 Å². The molecule has 0 unspecified atom stereocenters. The molecule has 0 aliphatic carbocycles. The molecule has 0 atom stereocenters. The minimum absolute atomic E-state index is 0.263. The van der Waals surface area contributed by atoms with Crippen LogP contribution >= 0.6 is 12.6 Å². The van der Waals surface area contributed by atoms with Gasteiger partial charge in [-0.2, -0.15) is 0 Å². The monoisotopic (exact) mass is 234 g/mol. The summed E-state index contributed by atoms with van der Waals surface area (Å²) in [5.74, 6) is -0.0850. The minimum atomic E-state index is -0.348. The van der Waals surface area contributed by atoms with Crippen molar-refractivity contribution in [3.05, 3.63) is 59.9 Å². The van der Waals surface area contributed by atoms with Crippen molar-refractivity contribution in [1.29, 1.82) is 0 Å². The van der Waals surface area contributed by atoms with Crippen molar-refractivity contribution in [3.63, 3.8) is 0 Å². The highest BCUT2D eigenvalue weighted by Gasteiger charge is 2.03. The maximum absolute atomic E-state index is 13.2. The highest BCUT2D eigenvalue weighted by atomic mass is 32.1. The average Bonchev–Trinajstić information content (AvgIpc) is 2.30. The maximum atomic E-state index is 13.2. The first kappa shape index (κ1) is 11.0. The van der Waals surface area contributed by atoms with E-state index >= 15 is 0 Å². The van der Waals surface area contributed by atoms with E-state index in [1.807, 2.05) is 24.3 Å². The number of hydrogen-bond acceptors (Lipinski definition) is 2. The van der Waals surface area contributed by atoms with Gasteiger partial charge in [0, 0.05) is 10.5 Å². The number of benzene rings is 2. The molecule has 2 rings (SSSR count). The Hall–Kier alpha value is -1.48. The third-order valence-corrected chi connectivity index (χ3v) is 2.65. The van der Waals surface area contributed by atoms with Crippen molar-refractivity contribution >= 4 is 12.6 Å². The van der Waals surface area contributed by atoms with Gasteiger partial charge in [0.2, 0.25) is 0 Å². The molecule has 0 saturated carbocycles. The Morgan fingerprint density at radius 2 is 1.69 bits per heavy atom. The summed E-state index contributed by atoms with van der Waals surface area (Å²) in [6.07, 6.45) is 0. The lowest BCUT2D eigenvalue weighted by Gasteiger charge is -2.08.